The average Bonchev–Trinajstić information content (AvgIpc) is 2.14. The molecule has 1 rings (SSSR count). The van der Waals surface area contributed by atoms with Crippen LogP contribution in [-0.4, -0.2) is 50.2 Å². The van der Waals surface area contributed by atoms with Gasteiger partial charge in [-0.05, 0) is 6.92 Å². The summed E-state index contributed by atoms with van der Waals surface area (Å²) in [6.07, 6.45) is 0.503. The molecule has 0 bridgehead atoms. The SMILES string of the molecule is COCCC(=O)N1CCN[C@H](C)C1. The highest BCUT2D eigenvalue weighted by molar-refractivity contribution is 5.76. The molecule has 1 N–H and O–H groups in total. The van der Waals surface area contributed by atoms with Crippen LogP contribution in [0.3, 0.4) is 0 Å². The van der Waals surface area contributed by atoms with Crippen molar-refractivity contribution < 1.29 is 9.53 Å². The highest BCUT2D eigenvalue weighted by atomic mass is 16.5. The lowest BCUT2D eigenvalue weighted by atomic mass is 10.2. The first-order chi connectivity index (χ1) is 6.24. The molecule has 1 amide bonds. The van der Waals surface area contributed by atoms with Gasteiger partial charge in [-0.15, -0.1) is 0 Å². The molecule has 76 valence electrons. The van der Waals surface area contributed by atoms with E-state index in [2.05, 4.69) is 12.2 Å². The maximum atomic E-state index is 11.5. The number of hydrogen-bond donors (Lipinski definition) is 1. The fourth-order valence-corrected chi connectivity index (χ4v) is 1.51. The van der Waals surface area contributed by atoms with Gasteiger partial charge in [-0.2, -0.15) is 0 Å². The van der Waals surface area contributed by atoms with Gasteiger partial charge in [0, 0.05) is 32.8 Å². The molecular formula is C9H18N2O2. The summed E-state index contributed by atoms with van der Waals surface area (Å²) in [5, 5.41) is 3.30. The van der Waals surface area contributed by atoms with Crippen molar-refractivity contribution in [2.45, 2.75) is 19.4 Å². The fourth-order valence-electron chi connectivity index (χ4n) is 1.51. The Labute approximate surface area is 79.2 Å². The molecule has 13 heavy (non-hydrogen) atoms. The Morgan fingerprint density at radius 3 is 3.08 bits per heavy atom. The van der Waals surface area contributed by atoms with Gasteiger partial charge in [-0.3, -0.25) is 4.79 Å². The molecule has 0 spiro atoms. The molecule has 0 unspecified atom stereocenters. The van der Waals surface area contributed by atoms with Crippen LogP contribution in [0.2, 0.25) is 0 Å². The molecule has 0 radical (unpaired) electrons. The van der Waals surface area contributed by atoms with Crippen molar-refractivity contribution in [3.05, 3.63) is 0 Å². The Bertz CT molecular complexity index is 173. The maximum Gasteiger partial charge on any atom is 0.224 e. The molecule has 0 saturated carbocycles. The summed E-state index contributed by atoms with van der Waals surface area (Å²) in [5.41, 5.74) is 0. The lowest BCUT2D eigenvalue weighted by Gasteiger charge is -2.31. The van der Waals surface area contributed by atoms with Gasteiger partial charge in [0.05, 0.1) is 13.0 Å². The van der Waals surface area contributed by atoms with Crippen molar-refractivity contribution in [1.29, 1.82) is 0 Å². The van der Waals surface area contributed by atoms with Crippen LogP contribution < -0.4 is 5.32 Å². The van der Waals surface area contributed by atoms with E-state index in [-0.39, 0.29) is 5.91 Å². The van der Waals surface area contributed by atoms with Crippen LogP contribution in [0, 0.1) is 0 Å². The van der Waals surface area contributed by atoms with Crippen LogP contribution in [-0.2, 0) is 9.53 Å². The van der Waals surface area contributed by atoms with E-state index in [1.54, 1.807) is 7.11 Å². The van der Waals surface area contributed by atoms with E-state index in [1.807, 2.05) is 4.90 Å². The molecule has 1 heterocycles. The molecule has 1 saturated heterocycles. The Hall–Kier alpha value is -0.610. The van der Waals surface area contributed by atoms with Gasteiger partial charge < -0.3 is 15.0 Å². The number of methoxy groups -OCH3 is 1. The van der Waals surface area contributed by atoms with Crippen LogP contribution >= 0.6 is 0 Å². The second-order valence-electron chi connectivity index (χ2n) is 3.44. The average molecular weight is 186 g/mol. The predicted molar refractivity (Wildman–Crippen MR) is 50.5 cm³/mol. The summed E-state index contributed by atoms with van der Waals surface area (Å²) in [6.45, 7) is 5.17. The number of piperazine rings is 1. The molecule has 1 atom stereocenters. The third-order valence-corrected chi connectivity index (χ3v) is 2.24. The summed E-state index contributed by atoms with van der Waals surface area (Å²) in [7, 11) is 1.62. The first-order valence-electron chi connectivity index (χ1n) is 4.74. The molecule has 1 aliphatic heterocycles. The summed E-state index contributed by atoms with van der Waals surface area (Å²) in [6, 6.07) is 0.417. The topological polar surface area (TPSA) is 41.6 Å². The summed E-state index contributed by atoms with van der Waals surface area (Å²) >= 11 is 0. The number of ether oxygens (including phenoxy) is 1. The van der Waals surface area contributed by atoms with E-state index in [1.165, 1.54) is 0 Å². The van der Waals surface area contributed by atoms with E-state index in [4.69, 9.17) is 4.74 Å². The van der Waals surface area contributed by atoms with Crippen LogP contribution in [0.25, 0.3) is 0 Å². The summed E-state index contributed by atoms with van der Waals surface area (Å²) in [5.74, 6) is 0.204. The van der Waals surface area contributed by atoms with Crippen LogP contribution in [0.4, 0.5) is 0 Å². The van der Waals surface area contributed by atoms with Crippen molar-refractivity contribution in [3.8, 4) is 0 Å². The van der Waals surface area contributed by atoms with E-state index in [0.29, 0.717) is 19.1 Å². The highest BCUT2D eigenvalue weighted by Crippen LogP contribution is 2.01. The molecule has 4 nitrogen and oxygen atoms in total. The minimum Gasteiger partial charge on any atom is -0.384 e. The van der Waals surface area contributed by atoms with Crippen LogP contribution in [0.5, 0.6) is 0 Å². The highest BCUT2D eigenvalue weighted by Gasteiger charge is 2.19. The molecule has 0 aromatic carbocycles. The molecule has 1 aliphatic rings. The minimum atomic E-state index is 0.204. The van der Waals surface area contributed by atoms with Gasteiger partial charge in [0.2, 0.25) is 5.91 Å². The number of nitrogens with zero attached hydrogens (tertiary/aromatic N) is 1. The number of carbonyl (C=O) groups excluding carboxylic acids is 1. The lowest BCUT2D eigenvalue weighted by Crippen LogP contribution is -2.51. The van der Waals surface area contributed by atoms with Gasteiger partial charge in [-0.25, -0.2) is 0 Å². The van der Waals surface area contributed by atoms with Gasteiger partial charge in [-0.1, -0.05) is 0 Å². The van der Waals surface area contributed by atoms with Gasteiger partial charge in [0.25, 0.3) is 0 Å². The Balaban J connectivity index is 2.28. The number of nitrogens with one attached hydrogen (secondary N) is 1. The molecule has 0 aliphatic carbocycles. The molecular weight excluding hydrogens is 168 g/mol. The first kappa shape index (κ1) is 10.5. The van der Waals surface area contributed by atoms with Gasteiger partial charge in [0.15, 0.2) is 0 Å². The number of hydrogen-bond acceptors (Lipinski definition) is 3. The van der Waals surface area contributed by atoms with E-state index in [0.717, 1.165) is 19.6 Å². The van der Waals surface area contributed by atoms with Crippen molar-refractivity contribution in [2.75, 3.05) is 33.4 Å². The second-order valence-corrected chi connectivity index (χ2v) is 3.44. The molecule has 0 aromatic heterocycles. The first-order valence-corrected chi connectivity index (χ1v) is 4.74. The third kappa shape index (κ3) is 3.32. The fraction of sp³-hybridized carbons (Fsp3) is 0.889. The smallest absolute Gasteiger partial charge is 0.224 e. The van der Waals surface area contributed by atoms with Crippen molar-refractivity contribution >= 4 is 5.91 Å². The number of carbonyl (C=O) groups is 1. The summed E-state index contributed by atoms with van der Waals surface area (Å²) in [4.78, 5) is 13.4. The zero-order chi connectivity index (χ0) is 9.68. The van der Waals surface area contributed by atoms with Crippen molar-refractivity contribution in [2.24, 2.45) is 0 Å². The Morgan fingerprint density at radius 2 is 2.46 bits per heavy atom. The van der Waals surface area contributed by atoms with Crippen molar-refractivity contribution in [1.82, 2.24) is 10.2 Å². The van der Waals surface area contributed by atoms with Crippen molar-refractivity contribution in [3.63, 3.8) is 0 Å². The number of rotatable bonds is 3. The normalized spacial score (nSPS) is 23.2. The minimum absolute atomic E-state index is 0.204. The van der Waals surface area contributed by atoms with E-state index >= 15 is 0 Å². The standard InChI is InChI=1S/C9H18N2O2/c1-8-7-11(5-4-10-8)9(12)3-6-13-2/h8,10H,3-7H2,1-2H3/t8-/m1/s1. The second kappa shape index (κ2) is 5.19. The van der Waals surface area contributed by atoms with Gasteiger partial charge >= 0.3 is 0 Å². The monoisotopic (exact) mass is 186 g/mol. The van der Waals surface area contributed by atoms with E-state index < -0.39 is 0 Å². The predicted octanol–water partition coefficient (Wildman–Crippen LogP) is -0.157. The van der Waals surface area contributed by atoms with E-state index in [9.17, 15) is 4.79 Å². The molecule has 0 aromatic rings. The zero-order valence-electron chi connectivity index (χ0n) is 8.38. The lowest BCUT2D eigenvalue weighted by molar-refractivity contribution is -0.133. The molecule has 1 fully saturated rings. The quantitative estimate of drug-likeness (QED) is 0.666. The Morgan fingerprint density at radius 1 is 1.69 bits per heavy atom. The van der Waals surface area contributed by atoms with Crippen LogP contribution in [0.1, 0.15) is 13.3 Å². The third-order valence-electron chi connectivity index (χ3n) is 2.24. The Kier molecular flexibility index (Phi) is 4.18. The number of amides is 1. The largest absolute Gasteiger partial charge is 0.384 e. The van der Waals surface area contributed by atoms with Gasteiger partial charge in [0.1, 0.15) is 0 Å². The maximum absolute atomic E-state index is 11.5. The van der Waals surface area contributed by atoms with Crippen LogP contribution in [0.15, 0.2) is 0 Å². The molecule has 4 heteroatoms. The zero-order valence-corrected chi connectivity index (χ0v) is 8.38. The summed E-state index contributed by atoms with van der Waals surface area (Å²) < 4.78 is 4.87.